The lowest BCUT2D eigenvalue weighted by Crippen LogP contribution is -2.51. The van der Waals surface area contributed by atoms with Gasteiger partial charge in [-0.15, -0.1) is 0 Å². The Morgan fingerprint density at radius 3 is 2.95 bits per heavy atom. The van der Waals surface area contributed by atoms with Crippen molar-refractivity contribution >= 4 is 17.7 Å². The first kappa shape index (κ1) is 15.2. The van der Waals surface area contributed by atoms with Crippen molar-refractivity contribution in [3.63, 3.8) is 0 Å². The summed E-state index contributed by atoms with van der Waals surface area (Å²) in [5.41, 5.74) is 0.826. The van der Waals surface area contributed by atoms with Gasteiger partial charge in [0, 0.05) is 6.54 Å². The minimum atomic E-state index is -1.01. The molecule has 0 bridgehead atoms. The number of anilines is 1. The Kier molecular flexibility index (Phi) is 4.74. The lowest BCUT2D eigenvalue weighted by molar-refractivity contribution is -0.139. The molecule has 1 heterocycles. The van der Waals surface area contributed by atoms with Gasteiger partial charge in [-0.25, -0.2) is 9.18 Å². The maximum Gasteiger partial charge on any atom is 0.322 e. The second kappa shape index (κ2) is 6.53. The number of hydrogen-bond donors (Lipinski definition) is 2. The van der Waals surface area contributed by atoms with Gasteiger partial charge in [0.1, 0.15) is 5.82 Å². The predicted molar refractivity (Wildman–Crippen MR) is 73.7 cm³/mol. The molecule has 2 rings (SSSR count). The van der Waals surface area contributed by atoms with Gasteiger partial charge in [0.15, 0.2) is 0 Å². The van der Waals surface area contributed by atoms with E-state index in [0.29, 0.717) is 6.61 Å². The molecule has 1 aromatic carbocycles. The number of amides is 2. The second-order valence-corrected chi connectivity index (χ2v) is 4.93. The summed E-state index contributed by atoms with van der Waals surface area (Å²) in [4.78, 5) is 24.4. The van der Waals surface area contributed by atoms with Gasteiger partial charge >= 0.3 is 12.0 Å². The Labute approximate surface area is 121 Å². The van der Waals surface area contributed by atoms with Gasteiger partial charge in [-0.3, -0.25) is 4.79 Å². The van der Waals surface area contributed by atoms with Gasteiger partial charge < -0.3 is 20.1 Å². The van der Waals surface area contributed by atoms with E-state index in [1.54, 1.807) is 13.0 Å². The molecule has 0 spiro atoms. The molecule has 6 nitrogen and oxygen atoms in total. The molecule has 2 N–H and O–H groups in total. The maximum absolute atomic E-state index is 13.7. The van der Waals surface area contributed by atoms with E-state index in [1.807, 2.05) is 0 Å². The summed E-state index contributed by atoms with van der Waals surface area (Å²) >= 11 is 0. The van der Waals surface area contributed by atoms with Crippen LogP contribution in [0.5, 0.6) is 0 Å². The molecular formula is C14H17FN2O4. The number of nitrogens with one attached hydrogen (secondary N) is 1. The van der Waals surface area contributed by atoms with Gasteiger partial charge in [-0.05, 0) is 24.6 Å². The fourth-order valence-electron chi connectivity index (χ4n) is 2.20. The number of hydrogen-bond acceptors (Lipinski definition) is 3. The molecule has 1 fully saturated rings. The van der Waals surface area contributed by atoms with E-state index in [2.05, 4.69) is 5.32 Å². The number of urea groups is 1. The molecule has 21 heavy (non-hydrogen) atoms. The number of rotatable bonds is 3. The largest absolute Gasteiger partial charge is 0.481 e. The highest BCUT2D eigenvalue weighted by molar-refractivity contribution is 5.90. The van der Waals surface area contributed by atoms with Crippen LogP contribution in [0.1, 0.15) is 12.0 Å². The smallest absolute Gasteiger partial charge is 0.322 e. The van der Waals surface area contributed by atoms with Crippen molar-refractivity contribution < 1.29 is 23.8 Å². The van der Waals surface area contributed by atoms with Crippen molar-refractivity contribution in [2.24, 2.45) is 0 Å². The molecule has 1 aliphatic rings. The normalized spacial score (nSPS) is 18.4. The third-order valence-corrected chi connectivity index (χ3v) is 3.26. The number of aryl methyl sites for hydroxylation is 1. The van der Waals surface area contributed by atoms with Crippen LogP contribution >= 0.6 is 0 Å². The summed E-state index contributed by atoms with van der Waals surface area (Å²) in [7, 11) is 0. The highest BCUT2D eigenvalue weighted by Gasteiger charge is 2.29. The van der Waals surface area contributed by atoms with Crippen LogP contribution in [0.3, 0.4) is 0 Å². The summed E-state index contributed by atoms with van der Waals surface area (Å²) in [5, 5.41) is 11.3. The average molecular weight is 296 g/mol. The van der Waals surface area contributed by atoms with E-state index in [-0.39, 0.29) is 25.3 Å². The van der Waals surface area contributed by atoms with E-state index in [0.717, 1.165) is 5.56 Å². The molecule has 1 unspecified atom stereocenters. The minimum Gasteiger partial charge on any atom is -0.481 e. The Morgan fingerprint density at radius 2 is 2.29 bits per heavy atom. The number of carboxylic acid groups (broad SMARTS) is 1. The monoisotopic (exact) mass is 296 g/mol. The standard InChI is InChI=1S/C14H17FN2O4/c1-9-2-3-12(11(15)6-9)16-14(20)17-4-5-21-8-10(17)7-13(18)19/h2-3,6,10H,4-5,7-8H2,1H3,(H,16,20)(H,18,19). The van der Waals surface area contributed by atoms with E-state index in [4.69, 9.17) is 9.84 Å². The Balaban J connectivity index is 2.08. The highest BCUT2D eigenvalue weighted by Crippen LogP contribution is 2.18. The van der Waals surface area contributed by atoms with Crippen LogP contribution in [0.2, 0.25) is 0 Å². The summed E-state index contributed by atoms with van der Waals surface area (Å²) in [6, 6.07) is 3.42. The van der Waals surface area contributed by atoms with Gasteiger partial charge in [0.25, 0.3) is 0 Å². The molecule has 0 aliphatic carbocycles. The van der Waals surface area contributed by atoms with Crippen molar-refractivity contribution in [1.82, 2.24) is 4.90 Å². The number of carboxylic acids is 1. The van der Waals surface area contributed by atoms with E-state index in [9.17, 15) is 14.0 Å². The number of ether oxygens (including phenoxy) is 1. The summed E-state index contributed by atoms with van der Waals surface area (Å²) in [5.74, 6) is -1.53. The molecule has 114 valence electrons. The number of benzene rings is 1. The van der Waals surface area contributed by atoms with Gasteiger partial charge in [-0.1, -0.05) is 6.07 Å². The van der Waals surface area contributed by atoms with E-state index >= 15 is 0 Å². The first-order chi connectivity index (χ1) is 9.97. The van der Waals surface area contributed by atoms with Crippen molar-refractivity contribution in [1.29, 1.82) is 0 Å². The maximum atomic E-state index is 13.7. The SMILES string of the molecule is Cc1ccc(NC(=O)N2CCOCC2CC(=O)O)c(F)c1. The Hall–Kier alpha value is -2.15. The number of nitrogens with zero attached hydrogens (tertiary/aromatic N) is 1. The molecule has 1 saturated heterocycles. The zero-order valence-electron chi connectivity index (χ0n) is 11.6. The fraction of sp³-hybridized carbons (Fsp3) is 0.429. The molecule has 1 atom stereocenters. The van der Waals surface area contributed by atoms with Crippen LogP contribution in [-0.2, 0) is 9.53 Å². The highest BCUT2D eigenvalue weighted by atomic mass is 19.1. The second-order valence-electron chi connectivity index (χ2n) is 4.93. The number of carbonyl (C=O) groups excluding carboxylic acids is 1. The molecule has 7 heteroatoms. The number of morpholine rings is 1. The molecule has 0 saturated carbocycles. The third-order valence-electron chi connectivity index (χ3n) is 3.26. The van der Waals surface area contributed by atoms with E-state index < -0.39 is 23.9 Å². The zero-order valence-corrected chi connectivity index (χ0v) is 11.6. The Bertz CT molecular complexity index is 550. The molecule has 0 aromatic heterocycles. The van der Waals surface area contributed by atoms with Gasteiger partial charge in [0.2, 0.25) is 0 Å². The molecule has 1 aromatic rings. The van der Waals surface area contributed by atoms with Gasteiger partial charge in [-0.2, -0.15) is 0 Å². The summed E-state index contributed by atoms with van der Waals surface area (Å²) in [6.07, 6.45) is -0.205. The molecule has 0 radical (unpaired) electrons. The lowest BCUT2D eigenvalue weighted by atomic mass is 10.1. The van der Waals surface area contributed by atoms with Crippen molar-refractivity contribution in [3.05, 3.63) is 29.6 Å². The number of carbonyl (C=O) groups is 2. The first-order valence-corrected chi connectivity index (χ1v) is 6.60. The van der Waals surface area contributed by atoms with Crippen molar-refractivity contribution in [2.75, 3.05) is 25.1 Å². The van der Waals surface area contributed by atoms with Crippen LogP contribution in [0.4, 0.5) is 14.9 Å². The van der Waals surface area contributed by atoms with Crippen LogP contribution in [0.25, 0.3) is 0 Å². The van der Waals surface area contributed by atoms with Crippen molar-refractivity contribution in [2.45, 2.75) is 19.4 Å². The fourth-order valence-corrected chi connectivity index (χ4v) is 2.20. The summed E-state index contributed by atoms with van der Waals surface area (Å²) in [6.45, 7) is 2.52. The molecule has 1 aliphatic heterocycles. The van der Waals surface area contributed by atoms with Crippen LogP contribution in [0, 0.1) is 12.7 Å². The molecular weight excluding hydrogens is 279 g/mol. The predicted octanol–water partition coefficient (Wildman–Crippen LogP) is 1.84. The van der Waals surface area contributed by atoms with Crippen molar-refractivity contribution in [3.8, 4) is 0 Å². The number of aliphatic carboxylic acids is 1. The van der Waals surface area contributed by atoms with E-state index in [1.165, 1.54) is 17.0 Å². The first-order valence-electron chi connectivity index (χ1n) is 6.60. The minimum absolute atomic E-state index is 0.0752. The van der Waals surface area contributed by atoms with Crippen LogP contribution < -0.4 is 5.32 Å². The third kappa shape index (κ3) is 3.91. The van der Waals surface area contributed by atoms with Crippen LogP contribution in [0.15, 0.2) is 18.2 Å². The van der Waals surface area contributed by atoms with Crippen LogP contribution in [-0.4, -0.2) is 47.8 Å². The zero-order chi connectivity index (χ0) is 15.4. The van der Waals surface area contributed by atoms with Gasteiger partial charge in [0.05, 0.1) is 31.4 Å². The topological polar surface area (TPSA) is 78.9 Å². The Morgan fingerprint density at radius 1 is 1.52 bits per heavy atom. The average Bonchev–Trinajstić information content (AvgIpc) is 2.42. The quantitative estimate of drug-likeness (QED) is 0.892. The lowest BCUT2D eigenvalue weighted by Gasteiger charge is -2.34. The number of halogens is 1. The molecule has 2 amide bonds. The summed E-state index contributed by atoms with van der Waals surface area (Å²) < 4.78 is 18.9.